The van der Waals surface area contributed by atoms with Gasteiger partial charge in [0.2, 0.25) is 5.91 Å². The Morgan fingerprint density at radius 2 is 2.14 bits per heavy atom. The second-order valence-electron chi connectivity index (χ2n) is 4.68. The van der Waals surface area contributed by atoms with Gasteiger partial charge in [-0.2, -0.15) is 0 Å². The molecule has 0 bridgehead atoms. The number of thiazole rings is 1. The molecule has 1 aromatic heterocycles. The Balaban J connectivity index is 1.98. The molecule has 2 aromatic rings. The highest BCUT2D eigenvalue weighted by atomic mass is 35.5. The fourth-order valence-corrected chi connectivity index (χ4v) is 2.89. The molecule has 0 saturated carbocycles. The Kier molecular flexibility index (Phi) is 5.53. The van der Waals surface area contributed by atoms with Crippen molar-refractivity contribution in [3.8, 4) is 0 Å². The summed E-state index contributed by atoms with van der Waals surface area (Å²) in [6.45, 7) is 3.99. The standard InChI is InChI=1S/C16H17ClN2OS/c1-3-14(16-18-11(2)10-21-16)19-15(20)9-6-12-4-7-13(17)8-5-12/h4-10,14H,3H2,1-2H3,(H,19,20)/b9-6+. The Bertz CT molecular complexity index is 634. The summed E-state index contributed by atoms with van der Waals surface area (Å²) in [5.74, 6) is -0.121. The Morgan fingerprint density at radius 3 is 2.71 bits per heavy atom. The van der Waals surface area contributed by atoms with Crippen molar-refractivity contribution in [3.63, 3.8) is 0 Å². The number of amides is 1. The first-order valence-corrected chi connectivity index (χ1v) is 8.00. The van der Waals surface area contributed by atoms with E-state index in [2.05, 4.69) is 10.3 Å². The molecule has 0 aliphatic rings. The molecule has 1 aromatic carbocycles. The molecule has 3 nitrogen and oxygen atoms in total. The van der Waals surface area contributed by atoms with Gasteiger partial charge in [-0.15, -0.1) is 11.3 Å². The van der Waals surface area contributed by atoms with Crippen LogP contribution in [0.3, 0.4) is 0 Å². The molecule has 0 saturated heterocycles. The Labute approximate surface area is 133 Å². The van der Waals surface area contributed by atoms with Gasteiger partial charge in [0.05, 0.1) is 6.04 Å². The number of aromatic nitrogens is 1. The lowest BCUT2D eigenvalue weighted by Crippen LogP contribution is -2.26. The van der Waals surface area contributed by atoms with Crippen LogP contribution in [0.15, 0.2) is 35.7 Å². The zero-order valence-corrected chi connectivity index (χ0v) is 13.5. The largest absolute Gasteiger partial charge is 0.343 e. The second kappa shape index (κ2) is 7.38. The van der Waals surface area contributed by atoms with Crippen molar-refractivity contribution in [2.45, 2.75) is 26.3 Å². The van der Waals surface area contributed by atoms with Gasteiger partial charge in [-0.3, -0.25) is 4.79 Å². The van der Waals surface area contributed by atoms with Gasteiger partial charge in [0.25, 0.3) is 0 Å². The van der Waals surface area contributed by atoms with E-state index in [9.17, 15) is 4.79 Å². The van der Waals surface area contributed by atoms with Gasteiger partial charge >= 0.3 is 0 Å². The molecule has 1 amide bonds. The lowest BCUT2D eigenvalue weighted by atomic mass is 10.2. The molecule has 1 heterocycles. The quantitative estimate of drug-likeness (QED) is 0.830. The van der Waals surface area contributed by atoms with Crippen LogP contribution in [0.4, 0.5) is 0 Å². The van der Waals surface area contributed by atoms with Crippen molar-refractivity contribution in [2.24, 2.45) is 0 Å². The number of hydrogen-bond acceptors (Lipinski definition) is 3. The van der Waals surface area contributed by atoms with Crippen molar-refractivity contribution in [3.05, 3.63) is 57.0 Å². The normalized spacial score (nSPS) is 12.5. The van der Waals surface area contributed by atoms with Crippen molar-refractivity contribution >= 4 is 34.9 Å². The zero-order valence-electron chi connectivity index (χ0n) is 12.0. The number of nitrogens with zero attached hydrogens (tertiary/aromatic N) is 1. The maximum atomic E-state index is 12.0. The van der Waals surface area contributed by atoms with Crippen LogP contribution in [-0.4, -0.2) is 10.9 Å². The number of aryl methyl sites for hydroxylation is 1. The zero-order chi connectivity index (χ0) is 15.2. The highest BCUT2D eigenvalue weighted by molar-refractivity contribution is 7.09. The van der Waals surface area contributed by atoms with Gasteiger partial charge in [-0.25, -0.2) is 4.98 Å². The molecular weight excluding hydrogens is 304 g/mol. The van der Waals surface area contributed by atoms with E-state index in [0.29, 0.717) is 5.02 Å². The van der Waals surface area contributed by atoms with E-state index >= 15 is 0 Å². The van der Waals surface area contributed by atoms with Crippen LogP contribution < -0.4 is 5.32 Å². The molecule has 0 radical (unpaired) electrons. The van der Waals surface area contributed by atoms with E-state index in [1.807, 2.05) is 31.4 Å². The molecule has 1 N–H and O–H groups in total. The van der Waals surface area contributed by atoms with Crippen LogP contribution in [0.1, 0.15) is 35.7 Å². The van der Waals surface area contributed by atoms with Crippen molar-refractivity contribution in [1.29, 1.82) is 0 Å². The number of carbonyl (C=O) groups is 1. The maximum absolute atomic E-state index is 12.0. The lowest BCUT2D eigenvalue weighted by Gasteiger charge is -2.12. The third-order valence-electron chi connectivity index (χ3n) is 2.96. The first kappa shape index (κ1) is 15.7. The smallest absolute Gasteiger partial charge is 0.244 e. The summed E-state index contributed by atoms with van der Waals surface area (Å²) in [7, 11) is 0. The van der Waals surface area contributed by atoms with Gasteiger partial charge in [0, 0.05) is 22.2 Å². The molecule has 0 aliphatic carbocycles. The van der Waals surface area contributed by atoms with E-state index in [0.717, 1.165) is 22.7 Å². The van der Waals surface area contributed by atoms with E-state index in [4.69, 9.17) is 11.6 Å². The number of benzene rings is 1. The molecule has 21 heavy (non-hydrogen) atoms. The SMILES string of the molecule is CCC(NC(=O)/C=C/c1ccc(Cl)cc1)c1nc(C)cs1. The minimum Gasteiger partial charge on any atom is -0.343 e. The topological polar surface area (TPSA) is 42.0 Å². The summed E-state index contributed by atoms with van der Waals surface area (Å²) >= 11 is 7.40. The van der Waals surface area contributed by atoms with Crippen molar-refractivity contribution in [2.75, 3.05) is 0 Å². The van der Waals surface area contributed by atoms with Crippen LogP contribution in [0.25, 0.3) is 6.08 Å². The van der Waals surface area contributed by atoms with E-state index < -0.39 is 0 Å². The number of carbonyl (C=O) groups excluding carboxylic acids is 1. The lowest BCUT2D eigenvalue weighted by molar-refractivity contribution is -0.117. The third-order valence-corrected chi connectivity index (χ3v) is 4.29. The molecule has 2 rings (SSSR count). The molecule has 110 valence electrons. The molecule has 0 spiro atoms. The highest BCUT2D eigenvalue weighted by Gasteiger charge is 2.14. The minimum absolute atomic E-state index is 0.0360. The van der Waals surface area contributed by atoms with E-state index in [-0.39, 0.29) is 11.9 Å². The number of halogens is 1. The molecule has 0 fully saturated rings. The van der Waals surface area contributed by atoms with Crippen LogP contribution in [0.2, 0.25) is 5.02 Å². The van der Waals surface area contributed by atoms with Gasteiger partial charge in [0.1, 0.15) is 5.01 Å². The third kappa shape index (κ3) is 4.69. The van der Waals surface area contributed by atoms with E-state index in [1.165, 1.54) is 6.08 Å². The van der Waals surface area contributed by atoms with Crippen LogP contribution in [0.5, 0.6) is 0 Å². The average Bonchev–Trinajstić information content (AvgIpc) is 2.90. The molecule has 0 aliphatic heterocycles. The minimum atomic E-state index is -0.121. The first-order valence-electron chi connectivity index (χ1n) is 6.74. The molecule has 1 atom stereocenters. The summed E-state index contributed by atoms with van der Waals surface area (Å²) in [6.07, 6.45) is 4.12. The number of hydrogen-bond donors (Lipinski definition) is 1. The first-order chi connectivity index (χ1) is 10.1. The van der Waals surface area contributed by atoms with Crippen molar-refractivity contribution < 1.29 is 4.79 Å². The number of rotatable bonds is 5. The highest BCUT2D eigenvalue weighted by Crippen LogP contribution is 2.20. The van der Waals surface area contributed by atoms with Crippen LogP contribution >= 0.6 is 22.9 Å². The summed E-state index contributed by atoms with van der Waals surface area (Å²) in [4.78, 5) is 16.4. The number of nitrogens with one attached hydrogen (secondary N) is 1. The van der Waals surface area contributed by atoms with Crippen molar-refractivity contribution in [1.82, 2.24) is 10.3 Å². The molecular formula is C16H17ClN2OS. The fourth-order valence-electron chi connectivity index (χ4n) is 1.84. The molecule has 5 heteroatoms. The summed E-state index contributed by atoms with van der Waals surface area (Å²) in [5.41, 5.74) is 1.92. The Hall–Kier alpha value is -1.65. The maximum Gasteiger partial charge on any atom is 0.244 e. The van der Waals surface area contributed by atoms with Gasteiger partial charge in [-0.1, -0.05) is 30.7 Å². The van der Waals surface area contributed by atoms with Gasteiger partial charge in [-0.05, 0) is 37.1 Å². The Morgan fingerprint density at radius 1 is 1.43 bits per heavy atom. The fraction of sp³-hybridized carbons (Fsp3) is 0.250. The molecule has 1 unspecified atom stereocenters. The van der Waals surface area contributed by atoms with Crippen LogP contribution in [-0.2, 0) is 4.79 Å². The predicted octanol–water partition coefficient (Wildman–Crippen LogP) is 4.39. The summed E-state index contributed by atoms with van der Waals surface area (Å²) in [5, 5.41) is 6.60. The van der Waals surface area contributed by atoms with Gasteiger partial charge < -0.3 is 5.32 Å². The van der Waals surface area contributed by atoms with Crippen LogP contribution in [0, 0.1) is 6.92 Å². The predicted molar refractivity (Wildman–Crippen MR) is 88.5 cm³/mol. The monoisotopic (exact) mass is 320 g/mol. The van der Waals surface area contributed by atoms with E-state index in [1.54, 1.807) is 29.5 Å². The summed E-state index contributed by atoms with van der Waals surface area (Å²) < 4.78 is 0. The van der Waals surface area contributed by atoms with Gasteiger partial charge in [0.15, 0.2) is 0 Å². The summed E-state index contributed by atoms with van der Waals surface area (Å²) in [6, 6.07) is 7.30. The second-order valence-corrected chi connectivity index (χ2v) is 6.01. The average molecular weight is 321 g/mol.